The van der Waals surface area contributed by atoms with Gasteiger partial charge in [-0.1, -0.05) is 0 Å². The van der Waals surface area contributed by atoms with E-state index < -0.39 is 38.7 Å². The van der Waals surface area contributed by atoms with Crippen molar-refractivity contribution in [3.05, 3.63) is 12.7 Å². The highest BCUT2D eigenvalue weighted by atomic mass is 31.2. The number of fused-ring (bicyclic) bond motifs is 1. The quantitative estimate of drug-likeness (QED) is 0.394. The Bertz CT molecular complexity index is 799. The fraction of sp³-hybridized carbons (Fsp3) is 0.500. The van der Waals surface area contributed by atoms with Gasteiger partial charge in [0, 0.05) is 0 Å². The highest BCUT2D eigenvalue weighted by Gasteiger charge is 2.49. The van der Waals surface area contributed by atoms with E-state index in [0.717, 1.165) is 6.33 Å². The van der Waals surface area contributed by atoms with Crippen LogP contribution in [0.4, 0.5) is 10.2 Å². The van der Waals surface area contributed by atoms with Gasteiger partial charge in [-0.15, -0.1) is 0 Å². The summed E-state index contributed by atoms with van der Waals surface area (Å²) in [6.07, 6.45) is -6.96. The Morgan fingerprint density at radius 2 is 2.04 bits per heavy atom. The molecule has 2 aromatic heterocycles. The van der Waals surface area contributed by atoms with Gasteiger partial charge in [0.25, 0.3) is 0 Å². The maximum Gasteiger partial charge on any atom is 0.472 e. The third-order valence-corrected chi connectivity index (χ3v) is 3.91. The molecule has 0 spiro atoms. The molecule has 1 fully saturated rings. The Morgan fingerprint density at radius 1 is 1.33 bits per heavy atom. The van der Waals surface area contributed by atoms with Crippen LogP contribution in [-0.4, -0.2) is 64.2 Å². The summed E-state index contributed by atoms with van der Waals surface area (Å²) >= 11 is 0. The number of hydrogen-bond donors (Lipinski definition) is 5. The summed E-state index contributed by atoms with van der Waals surface area (Å²) in [7, 11) is -5.15. The number of imidazole rings is 1. The molecule has 0 aliphatic carbocycles. The normalized spacial score (nSPS) is 29.2. The molecule has 12 nitrogen and oxygen atoms in total. The number of hydrogen-bond acceptors (Lipinski definition) is 9. The Morgan fingerprint density at radius 3 is 2.71 bits per heavy atom. The average molecular weight is 365 g/mol. The zero-order valence-corrected chi connectivity index (χ0v) is 12.6. The van der Waals surface area contributed by atoms with Gasteiger partial charge in [0.1, 0.15) is 30.2 Å². The summed E-state index contributed by atoms with van der Waals surface area (Å²) in [5, 5.41) is 19.9. The van der Waals surface area contributed by atoms with Crippen LogP contribution in [0, 0.1) is 0 Å². The molecule has 5 atom stereocenters. The first kappa shape index (κ1) is 17.1. The molecule has 0 saturated carbocycles. The number of aliphatic hydroxyl groups excluding tert-OH is 2. The van der Waals surface area contributed by atoms with Crippen molar-refractivity contribution in [1.29, 1.82) is 0 Å². The first-order chi connectivity index (χ1) is 11.2. The van der Waals surface area contributed by atoms with Crippen LogP contribution in [0.3, 0.4) is 0 Å². The fourth-order valence-electron chi connectivity index (χ4n) is 2.38. The lowest BCUT2D eigenvalue weighted by atomic mass is 10.1. The molecule has 6 N–H and O–H groups in total. The van der Waals surface area contributed by atoms with Crippen LogP contribution in [0.25, 0.3) is 11.2 Å². The molecule has 132 valence electrons. The van der Waals surface area contributed by atoms with Crippen molar-refractivity contribution in [3.8, 4) is 0 Å². The van der Waals surface area contributed by atoms with E-state index in [4.69, 9.17) is 20.3 Å². The van der Waals surface area contributed by atoms with Crippen molar-refractivity contribution in [2.24, 2.45) is 0 Å². The fourth-order valence-corrected chi connectivity index (χ4v) is 2.76. The van der Waals surface area contributed by atoms with Crippen molar-refractivity contribution in [1.82, 2.24) is 19.5 Å². The SMILES string of the molecule is Nc1ncnc2c1ncn2[C@@H]1O[C@H](C(F)OP(=O)(O)O)[C@@H](O)[C@H]1O. The molecule has 0 bridgehead atoms. The molecule has 3 rings (SSSR count). The predicted molar refractivity (Wildman–Crippen MR) is 73.7 cm³/mol. The number of anilines is 1. The van der Waals surface area contributed by atoms with E-state index in [1.165, 1.54) is 10.9 Å². The molecule has 24 heavy (non-hydrogen) atoms. The number of phosphoric acid groups is 1. The van der Waals surface area contributed by atoms with Gasteiger partial charge in [-0.05, 0) is 0 Å². The van der Waals surface area contributed by atoms with Gasteiger partial charge in [0.15, 0.2) is 17.7 Å². The molecule has 0 amide bonds. The number of phosphoric ester groups is 1. The Hall–Kier alpha value is -1.73. The molecule has 0 radical (unpaired) electrons. The van der Waals surface area contributed by atoms with Gasteiger partial charge in [-0.25, -0.2) is 28.4 Å². The van der Waals surface area contributed by atoms with E-state index in [-0.39, 0.29) is 17.0 Å². The molecule has 14 heteroatoms. The van der Waals surface area contributed by atoms with Crippen molar-refractivity contribution in [2.45, 2.75) is 30.9 Å². The smallest absolute Gasteiger partial charge is 0.387 e. The maximum absolute atomic E-state index is 13.8. The van der Waals surface area contributed by atoms with E-state index in [0.29, 0.717) is 0 Å². The summed E-state index contributed by atoms with van der Waals surface area (Å²) in [5.41, 5.74) is 5.99. The summed E-state index contributed by atoms with van der Waals surface area (Å²) in [4.78, 5) is 28.9. The minimum absolute atomic E-state index is 0.0662. The number of halogens is 1. The first-order valence-corrected chi connectivity index (χ1v) is 8.04. The van der Waals surface area contributed by atoms with E-state index in [2.05, 4.69) is 19.5 Å². The lowest BCUT2D eigenvalue weighted by Crippen LogP contribution is -2.37. The third kappa shape index (κ3) is 2.98. The zero-order valence-electron chi connectivity index (χ0n) is 11.7. The van der Waals surface area contributed by atoms with Crippen molar-refractivity contribution in [3.63, 3.8) is 0 Å². The number of aliphatic hydroxyl groups is 2. The molecule has 1 saturated heterocycles. The zero-order chi connectivity index (χ0) is 17.6. The van der Waals surface area contributed by atoms with Crippen molar-refractivity contribution < 1.29 is 38.2 Å². The van der Waals surface area contributed by atoms with Crippen LogP contribution in [0.15, 0.2) is 12.7 Å². The Labute approximate surface area is 132 Å². The number of alkyl halides is 1. The Kier molecular flexibility index (Phi) is 4.25. The summed E-state index contributed by atoms with van der Waals surface area (Å²) in [6, 6.07) is 0. The minimum atomic E-state index is -5.15. The van der Waals surface area contributed by atoms with E-state index in [9.17, 15) is 19.2 Å². The number of nitrogen functional groups attached to an aromatic ring is 1. The highest BCUT2D eigenvalue weighted by molar-refractivity contribution is 7.46. The monoisotopic (exact) mass is 365 g/mol. The molecule has 1 aliphatic rings. The van der Waals surface area contributed by atoms with Crippen molar-refractivity contribution in [2.75, 3.05) is 5.73 Å². The number of nitrogens with zero attached hydrogens (tertiary/aromatic N) is 4. The van der Waals surface area contributed by atoms with Gasteiger partial charge >= 0.3 is 7.82 Å². The van der Waals surface area contributed by atoms with Crippen LogP contribution in [0.5, 0.6) is 0 Å². The van der Waals surface area contributed by atoms with Gasteiger partial charge in [0.2, 0.25) is 6.36 Å². The number of aromatic nitrogens is 4. The minimum Gasteiger partial charge on any atom is -0.387 e. The van der Waals surface area contributed by atoms with Crippen LogP contribution in [-0.2, 0) is 13.8 Å². The largest absolute Gasteiger partial charge is 0.472 e. The van der Waals surface area contributed by atoms with Crippen LogP contribution >= 0.6 is 7.82 Å². The van der Waals surface area contributed by atoms with Gasteiger partial charge in [0.05, 0.1) is 6.33 Å². The number of nitrogens with two attached hydrogens (primary N) is 1. The number of ether oxygens (including phenoxy) is 1. The molecule has 0 aromatic carbocycles. The summed E-state index contributed by atoms with van der Waals surface area (Å²) in [5.74, 6) is 0.0662. The molecular weight excluding hydrogens is 352 g/mol. The second-order valence-electron chi connectivity index (χ2n) is 5.00. The second-order valence-corrected chi connectivity index (χ2v) is 6.19. The van der Waals surface area contributed by atoms with Gasteiger partial charge in [-0.3, -0.25) is 4.57 Å². The van der Waals surface area contributed by atoms with Crippen LogP contribution in [0.1, 0.15) is 6.23 Å². The first-order valence-electron chi connectivity index (χ1n) is 6.51. The Balaban J connectivity index is 1.89. The van der Waals surface area contributed by atoms with Crippen molar-refractivity contribution >= 4 is 24.8 Å². The summed E-state index contributed by atoms with van der Waals surface area (Å²) in [6.45, 7) is 0. The lowest BCUT2D eigenvalue weighted by Gasteiger charge is -2.19. The van der Waals surface area contributed by atoms with Gasteiger partial charge < -0.3 is 30.5 Å². The molecule has 3 heterocycles. The van der Waals surface area contributed by atoms with E-state index >= 15 is 0 Å². The van der Waals surface area contributed by atoms with E-state index in [1.54, 1.807) is 0 Å². The third-order valence-electron chi connectivity index (χ3n) is 3.43. The predicted octanol–water partition coefficient (Wildman–Crippen LogP) is -1.57. The second kappa shape index (κ2) is 5.97. The van der Waals surface area contributed by atoms with E-state index in [1.807, 2.05) is 0 Å². The number of rotatable bonds is 4. The molecule has 1 aliphatic heterocycles. The topological polar surface area (TPSA) is 186 Å². The summed E-state index contributed by atoms with van der Waals surface area (Å²) < 4.78 is 34.7. The highest BCUT2D eigenvalue weighted by Crippen LogP contribution is 2.42. The lowest BCUT2D eigenvalue weighted by molar-refractivity contribution is -0.125. The molecule has 2 aromatic rings. The van der Waals surface area contributed by atoms with Crippen LogP contribution < -0.4 is 5.73 Å². The molecular formula is C10H13FN5O7P. The average Bonchev–Trinajstić information content (AvgIpc) is 3.01. The maximum atomic E-state index is 13.8. The molecule has 1 unspecified atom stereocenters. The van der Waals surface area contributed by atoms with Crippen LogP contribution in [0.2, 0.25) is 0 Å². The van der Waals surface area contributed by atoms with Gasteiger partial charge in [-0.2, -0.15) is 0 Å². The standard InChI is InChI=1S/C10H13FN5O7P/c11-7(23-24(19,20)21)6-4(17)5(18)10(22-6)16-2-15-3-8(12)13-1-14-9(3)16/h1-2,4-7,10,17-18H,(H2,12,13,14)(H2,19,20,21)/t4-,5+,6-,7?,10+/m0/s1.